The zero-order chi connectivity index (χ0) is 21.0. The van der Waals surface area contributed by atoms with Crippen LogP contribution in [0.15, 0.2) is 30.6 Å². The maximum Gasteiger partial charge on any atom is 0.416 e. The van der Waals surface area contributed by atoms with E-state index in [4.69, 9.17) is 0 Å². The molecule has 1 aromatic heterocycles. The molecule has 0 radical (unpaired) electrons. The van der Waals surface area contributed by atoms with E-state index in [0.29, 0.717) is 0 Å². The highest BCUT2D eigenvalue weighted by Gasteiger charge is 2.61. The van der Waals surface area contributed by atoms with E-state index in [0.717, 1.165) is 35.5 Å². The number of amides is 2. The minimum Gasteiger partial charge on any atom is -0.328 e. The van der Waals surface area contributed by atoms with Gasteiger partial charge in [0, 0.05) is 17.5 Å². The van der Waals surface area contributed by atoms with Crippen molar-refractivity contribution in [1.82, 2.24) is 14.9 Å². The first-order chi connectivity index (χ1) is 13.6. The van der Waals surface area contributed by atoms with E-state index in [-0.39, 0.29) is 30.0 Å². The number of nitrogens with one attached hydrogen (secondary N) is 1. The molecule has 2 heterocycles. The van der Waals surface area contributed by atoms with Gasteiger partial charge in [0.05, 0.1) is 18.0 Å². The van der Waals surface area contributed by atoms with E-state index in [9.17, 15) is 31.5 Å². The van der Waals surface area contributed by atoms with Gasteiger partial charge in [-0.15, -0.1) is 0 Å². The van der Waals surface area contributed by atoms with Crippen LogP contribution in [0.5, 0.6) is 0 Å². The van der Waals surface area contributed by atoms with Crippen LogP contribution in [0.2, 0.25) is 0 Å². The summed E-state index contributed by atoms with van der Waals surface area (Å²) in [6.07, 6.45) is -4.38. The molecular formula is C18H13F5N4O2. The molecule has 1 saturated carbocycles. The first-order valence-electron chi connectivity index (χ1n) is 8.53. The van der Waals surface area contributed by atoms with Crippen molar-refractivity contribution in [1.29, 1.82) is 0 Å². The third-order valence-electron chi connectivity index (χ3n) is 5.06. The Bertz CT molecular complexity index is 995. The topological polar surface area (TPSA) is 75.2 Å². The summed E-state index contributed by atoms with van der Waals surface area (Å²) < 4.78 is 66.1. The molecule has 6 nitrogen and oxygen atoms in total. The molecule has 1 N–H and O–H groups in total. The largest absolute Gasteiger partial charge is 0.416 e. The molecule has 11 heteroatoms. The highest BCUT2D eigenvalue weighted by molar-refractivity contribution is 6.01. The van der Waals surface area contributed by atoms with Gasteiger partial charge < -0.3 is 4.90 Å². The number of hydrogen-bond donors (Lipinski definition) is 1. The Morgan fingerprint density at radius 2 is 1.93 bits per heavy atom. The van der Waals surface area contributed by atoms with Crippen molar-refractivity contribution in [2.75, 3.05) is 18.4 Å². The normalized spacial score (nSPS) is 23.1. The Labute approximate surface area is 160 Å². The van der Waals surface area contributed by atoms with Crippen LogP contribution in [-0.4, -0.2) is 45.9 Å². The molecule has 1 aromatic carbocycles. The number of rotatable bonds is 3. The lowest BCUT2D eigenvalue weighted by Gasteiger charge is -2.34. The number of fused-ring (bicyclic) bond motifs is 2. The van der Waals surface area contributed by atoms with E-state index in [2.05, 4.69) is 15.3 Å². The van der Waals surface area contributed by atoms with Gasteiger partial charge in [0.2, 0.25) is 11.9 Å². The van der Waals surface area contributed by atoms with Crippen molar-refractivity contribution in [2.45, 2.75) is 24.2 Å². The number of halogens is 5. The van der Waals surface area contributed by atoms with Crippen molar-refractivity contribution in [3.05, 3.63) is 53.1 Å². The zero-order valence-corrected chi connectivity index (χ0v) is 14.6. The summed E-state index contributed by atoms with van der Waals surface area (Å²) in [5.41, 5.74) is -2.25. The van der Waals surface area contributed by atoms with Crippen LogP contribution in [0.1, 0.15) is 27.9 Å². The fourth-order valence-electron chi connectivity index (χ4n) is 3.53. The van der Waals surface area contributed by atoms with Gasteiger partial charge in [0.15, 0.2) is 5.82 Å². The van der Waals surface area contributed by atoms with Gasteiger partial charge in [0.25, 0.3) is 5.91 Å². The van der Waals surface area contributed by atoms with Gasteiger partial charge in [-0.05, 0) is 30.2 Å². The van der Waals surface area contributed by atoms with Gasteiger partial charge in [-0.2, -0.15) is 13.2 Å². The molecular weight excluding hydrogens is 399 g/mol. The average molecular weight is 412 g/mol. The monoisotopic (exact) mass is 412 g/mol. The summed E-state index contributed by atoms with van der Waals surface area (Å²) >= 11 is 0. The van der Waals surface area contributed by atoms with Crippen molar-refractivity contribution in [2.24, 2.45) is 0 Å². The highest BCUT2D eigenvalue weighted by atomic mass is 19.4. The molecule has 1 aliphatic carbocycles. The van der Waals surface area contributed by atoms with E-state index < -0.39 is 47.5 Å². The number of aromatic nitrogens is 2. The van der Waals surface area contributed by atoms with E-state index in [1.54, 1.807) is 0 Å². The van der Waals surface area contributed by atoms with Crippen LogP contribution in [-0.2, 0) is 16.4 Å². The van der Waals surface area contributed by atoms with Gasteiger partial charge in [-0.3, -0.25) is 14.9 Å². The quantitative estimate of drug-likeness (QED) is 0.787. The molecule has 0 saturated heterocycles. The average Bonchev–Trinajstić information content (AvgIpc) is 3.30. The minimum absolute atomic E-state index is 0.0170. The number of benzene rings is 1. The molecule has 2 amide bonds. The predicted octanol–water partition coefficient (Wildman–Crippen LogP) is 2.71. The Morgan fingerprint density at radius 1 is 1.28 bits per heavy atom. The Kier molecular flexibility index (Phi) is 4.28. The molecule has 1 aliphatic heterocycles. The first kappa shape index (κ1) is 19.2. The van der Waals surface area contributed by atoms with Crippen LogP contribution >= 0.6 is 0 Å². The summed E-state index contributed by atoms with van der Waals surface area (Å²) in [7, 11) is 0. The van der Waals surface area contributed by atoms with Gasteiger partial charge in [-0.25, -0.2) is 18.7 Å². The number of alkyl halides is 4. The van der Waals surface area contributed by atoms with Gasteiger partial charge in [-0.1, -0.05) is 0 Å². The molecule has 1 spiro atoms. The molecule has 4 rings (SSSR count). The summed E-state index contributed by atoms with van der Waals surface area (Å²) in [4.78, 5) is 33.1. The van der Waals surface area contributed by atoms with Crippen LogP contribution in [0, 0.1) is 5.82 Å². The molecule has 0 unspecified atom stereocenters. The number of carbonyl (C=O) groups is 2. The lowest BCUT2D eigenvalue weighted by atomic mass is 9.85. The Hall–Kier alpha value is -3.11. The number of nitrogens with zero attached hydrogens (tertiary/aromatic N) is 3. The molecule has 1 fully saturated rings. The zero-order valence-electron chi connectivity index (χ0n) is 14.6. The summed E-state index contributed by atoms with van der Waals surface area (Å²) in [6.45, 7) is -0.701. The smallest absolute Gasteiger partial charge is 0.328 e. The molecule has 2 atom stereocenters. The van der Waals surface area contributed by atoms with E-state index in [1.165, 1.54) is 0 Å². The molecule has 0 bridgehead atoms. The van der Waals surface area contributed by atoms with Gasteiger partial charge in [0.1, 0.15) is 12.7 Å². The Morgan fingerprint density at radius 3 is 2.52 bits per heavy atom. The molecule has 152 valence electrons. The SMILES string of the molecule is O=C(CN1C[C@@]2(C[C@@H]2F)c2cc(C(F)(F)F)ccc2C1=O)Nc1ncc(F)cn1. The number of carbonyl (C=O) groups excluding carboxylic acids is 2. The summed E-state index contributed by atoms with van der Waals surface area (Å²) in [5, 5.41) is 2.28. The maximum absolute atomic E-state index is 14.2. The fourth-order valence-corrected chi connectivity index (χ4v) is 3.53. The molecule has 2 aliphatic rings. The van der Waals surface area contributed by atoms with E-state index in [1.807, 2.05) is 0 Å². The lowest BCUT2D eigenvalue weighted by Crippen LogP contribution is -2.47. The second-order valence-corrected chi connectivity index (χ2v) is 7.02. The van der Waals surface area contributed by atoms with Crippen LogP contribution in [0.25, 0.3) is 0 Å². The third-order valence-corrected chi connectivity index (χ3v) is 5.06. The van der Waals surface area contributed by atoms with Crippen LogP contribution < -0.4 is 5.32 Å². The van der Waals surface area contributed by atoms with Crippen molar-refractivity contribution < 1.29 is 31.5 Å². The molecule has 29 heavy (non-hydrogen) atoms. The summed E-state index contributed by atoms with van der Waals surface area (Å²) in [5.74, 6) is -2.26. The molecule has 2 aromatic rings. The van der Waals surface area contributed by atoms with Crippen molar-refractivity contribution in [3.8, 4) is 0 Å². The van der Waals surface area contributed by atoms with Crippen LogP contribution in [0.3, 0.4) is 0 Å². The highest BCUT2D eigenvalue weighted by Crippen LogP contribution is 2.55. The number of anilines is 1. The fraction of sp³-hybridized carbons (Fsp3) is 0.333. The second-order valence-electron chi connectivity index (χ2n) is 7.02. The van der Waals surface area contributed by atoms with Crippen molar-refractivity contribution in [3.63, 3.8) is 0 Å². The van der Waals surface area contributed by atoms with Crippen molar-refractivity contribution >= 4 is 17.8 Å². The standard InChI is InChI=1S/C18H13F5N4O2/c19-10-5-24-16(25-6-10)26-14(28)7-27-8-17(4-13(17)20)12-3-9(18(21,22)23)1-2-11(12)15(27)29/h1-3,5-6,13H,4,7-8H2,(H,24,25,26,28)/t13-,17-/m0/s1. The van der Waals surface area contributed by atoms with E-state index >= 15 is 0 Å². The lowest BCUT2D eigenvalue weighted by molar-refractivity contribution is -0.137. The minimum atomic E-state index is -4.62. The predicted molar refractivity (Wildman–Crippen MR) is 89.2 cm³/mol. The maximum atomic E-state index is 14.2. The second kappa shape index (κ2) is 6.46. The van der Waals surface area contributed by atoms with Crippen LogP contribution in [0.4, 0.5) is 27.9 Å². The van der Waals surface area contributed by atoms with Gasteiger partial charge >= 0.3 is 6.18 Å². The first-order valence-corrected chi connectivity index (χ1v) is 8.53. The Balaban J connectivity index is 1.58. The number of hydrogen-bond acceptors (Lipinski definition) is 4. The third kappa shape index (κ3) is 3.40. The summed E-state index contributed by atoms with van der Waals surface area (Å²) in [6, 6.07) is 2.59.